The van der Waals surface area contributed by atoms with Gasteiger partial charge in [0, 0.05) is 6.61 Å². The SMILES string of the molecule is Cc1cccc2sc(NC(=O)c3cnc([C@@H]4CCCO4)s3)nc12. The van der Waals surface area contributed by atoms with E-state index in [0.717, 1.165) is 40.2 Å². The molecule has 0 radical (unpaired) electrons. The molecule has 1 saturated heterocycles. The van der Waals surface area contributed by atoms with Crippen LogP contribution in [0, 0.1) is 6.92 Å². The molecule has 0 saturated carbocycles. The molecule has 118 valence electrons. The first kappa shape index (κ1) is 14.7. The molecule has 2 aromatic heterocycles. The number of hydrogen-bond acceptors (Lipinski definition) is 6. The number of thiazole rings is 2. The minimum absolute atomic E-state index is 0.0478. The summed E-state index contributed by atoms with van der Waals surface area (Å²) < 4.78 is 6.68. The summed E-state index contributed by atoms with van der Waals surface area (Å²) in [6.45, 7) is 2.79. The maximum atomic E-state index is 12.4. The number of ether oxygens (including phenoxy) is 1. The standard InChI is InChI=1S/C16H15N3O2S2/c1-9-4-2-6-11-13(9)18-16(23-11)19-14(20)12-8-17-15(22-12)10-5-3-7-21-10/h2,4,6,8,10H,3,5,7H2,1H3,(H,18,19,20)/t10-/m0/s1. The van der Waals surface area contributed by atoms with Crippen LogP contribution in [0.2, 0.25) is 0 Å². The topological polar surface area (TPSA) is 64.1 Å². The monoisotopic (exact) mass is 345 g/mol. The van der Waals surface area contributed by atoms with E-state index in [2.05, 4.69) is 15.3 Å². The van der Waals surface area contributed by atoms with Gasteiger partial charge in [-0.15, -0.1) is 11.3 Å². The lowest BCUT2D eigenvalue weighted by Gasteiger charge is -2.03. The Kier molecular flexibility index (Phi) is 3.84. The third kappa shape index (κ3) is 2.87. The molecule has 1 aliphatic heterocycles. The zero-order valence-electron chi connectivity index (χ0n) is 12.5. The van der Waals surface area contributed by atoms with Crippen LogP contribution in [0.3, 0.4) is 0 Å². The van der Waals surface area contributed by atoms with E-state index in [1.165, 1.54) is 22.7 Å². The molecule has 0 unspecified atom stereocenters. The second-order valence-electron chi connectivity index (χ2n) is 5.46. The molecular formula is C16H15N3O2S2. The second-order valence-corrected chi connectivity index (χ2v) is 7.55. The zero-order chi connectivity index (χ0) is 15.8. The fourth-order valence-electron chi connectivity index (χ4n) is 2.61. The van der Waals surface area contributed by atoms with Crippen molar-refractivity contribution >= 4 is 43.9 Å². The summed E-state index contributed by atoms with van der Waals surface area (Å²) in [4.78, 5) is 21.8. The molecule has 1 amide bonds. The molecule has 23 heavy (non-hydrogen) atoms. The lowest BCUT2D eigenvalue weighted by molar-refractivity contribution is 0.103. The van der Waals surface area contributed by atoms with Crippen molar-refractivity contribution in [2.24, 2.45) is 0 Å². The van der Waals surface area contributed by atoms with E-state index < -0.39 is 0 Å². The molecule has 3 aromatic rings. The average Bonchev–Trinajstić information content (AvgIpc) is 3.27. The van der Waals surface area contributed by atoms with Gasteiger partial charge in [0.15, 0.2) is 5.13 Å². The molecule has 1 fully saturated rings. The van der Waals surface area contributed by atoms with Gasteiger partial charge in [-0.2, -0.15) is 0 Å². The summed E-state index contributed by atoms with van der Waals surface area (Å²) >= 11 is 2.88. The number of aryl methyl sites for hydroxylation is 1. The van der Waals surface area contributed by atoms with Gasteiger partial charge < -0.3 is 4.74 Å². The summed E-state index contributed by atoms with van der Waals surface area (Å²) in [5.74, 6) is -0.163. The van der Waals surface area contributed by atoms with Crippen molar-refractivity contribution in [2.75, 3.05) is 11.9 Å². The summed E-state index contributed by atoms with van der Waals surface area (Å²) in [6.07, 6.45) is 3.70. The first-order valence-corrected chi connectivity index (χ1v) is 9.09. The van der Waals surface area contributed by atoms with Crippen molar-refractivity contribution in [1.29, 1.82) is 0 Å². The number of benzene rings is 1. The normalized spacial score (nSPS) is 17.7. The van der Waals surface area contributed by atoms with Crippen LogP contribution in [0.25, 0.3) is 10.2 Å². The Balaban J connectivity index is 1.53. The summed E-state index contributed by atoms with van der Waals surface area (Å²) in [5, 5.41) is 4.38. The van der Waals surface area contributed by atoms with Gasteiger partial charge >= 0.3 is 0 Å². The van der Waals surface area contributed by atoms with Crippen LogP contribution in [0.4, 0.5) is 5.13 Å². The number of nitrogens with zero attached hydrogens (tertiary/aromatic N) is 2. The van der Waals surface area contributed by atoms with Gasteiger partial charge in [0.2, 0.25) is 0 Å². The van der Waals surface area contributed by atoms with Crippen molar-refractivity contribution in [1.82, 2.24) is 9.97 Å². The highest BCUT2D eigenvalue weighted by Gasteiger charge is 2.22. The molecule has 0 spiro atoms. The van der Waals surface area contributed by atoms with Crippen LogP contribution in [0.15, 0.2) is 24.4 Å². The van der Waals surface area contributed by atoms with E-state index in [1.54, 1.807) is 6.20 Å². The molecule has 7 heteroatoms. The Bertz CT molecular complexity index is 865. The van der Waals surface area contributed by atoms with E-state index in [4.69, 9.17) is 4.74 Å². The third-order valence-electron chi connectivity index (χ3n) is 3.79. The van der Waals surface area contributed by atoms with E-state index in [9.17, 15) is 4.79 Å². The molecule has 1 aromatic carbocycles. The number of amides is 1. The fraction of sp³-hybridized carbons (Fsp3) is 0.312. The molecule has 0 aliphatic carbocycles. The van der Waals surface area contributed by atoms with Crippen molar-refractivity contribution in [3.8, 4) is 0 Å². The van der Waals surface area contributed by atoms with Crippen molar-refractivity contribution in [3.63, 3.8) is 0 Å². The number of para-hydroxylation sites is 1. The fourth-order valence-corrected chi connectivity index (χ4v) is 4.45. The molecule has 1 N–H and O–H groups in total. The van der Waals surface area contributed by atoms with Crippen LogP contribution in [-0.2, 0) is 4.74 Å². The molecule has 4 rings (SSSR count). The molecular weight excluding hydrogens is 330 g/mol. The van der Waals surface area contributed by atoms with Crippen molar-refractivity contribution in [2.45, 2.75) is 25.9 Å². The van der Waals surface area contributed by atoms with E-state index in [1.807, 2.05) is 25.1 Å². The maximum absolute atomic E-state index is 12.4. The van der Waals surface area contributed by atoms with Crippen LogP contribution in [0.5, 0.6) is 0 Å². The lowest BCUT2D eigenvalue weighted by Crippen LogP contribution is -2.09. The Morgan fingerprint density at radius 3 is 3.09 bits per heavy atom. The predicted molar refractivity (Wildman–Crippen MR) is 92.4 cm³/mol. The van der Waals surface area contributed by atoms with Gasteiger partial charge in [0.05, 0.1) is 16.4 Å². The highest BCUT2D eigenvalue weighted by Crippen LogP contribution is 2.32. The Morgan fingerprint density at radius 1 is 1.39 bits per heavy atom. The van der Waals surface area contributed by atoms with Gasteiger partial charge in [0.25, 0.3) is 5.91 Å². The summed E-state index contributed by atoms with van der Waals surface area (Å²) in [7, 11) is 0. The lowest BCUT2D eigenvalue weighted by atomic mass is 10.2. The minimum Gasteiger partial charge on any atom is -0.371 e. The van der Waals surface area contributed by atoms with Gasteiger partial charge in [-0.1, -0.05) is 23.5 Å². The zero-order valence-corrected chi connectivity index (χ0v) is 14.2. The summed E-state index contributed by atoms with van der Waals surface area (Å²) in [5.41, 5.74) is 2.05. The third-order valence-corrected chi connectivity index (χ3v) is 5.82. The van der Waals surface area contributed by atoms with Crippen LogP contribution >= 0.6 is 22.7 Å². The number of carbonyl (C=O) groups excluding carboxylic acids is 1. The first-order chi connectivity index (χ1) is 11.2. The number of nitrogens with one attached hydrogen (secondary N) is 1. The summed E-state index contributed by atoms with van der Waals surface area (Å²) in [6, 6.07) is 6.03. The first-order valence-electron chi connectivity index (χ1n) is 7.45. The number of hydrogen-bond donors (Lipinski definition) is 1. The average molecular weight is 345 g/mol. The van der Waals surface area contributed by atoms with Crippen LogP contribution < -0.4 is 5.32 Å². The van der Waals surface area contributed by atoms with E-state index in [-0.39, 0.29) is 12.0 Å². The number of aromatic nitrogens is 2. The second kappa shape index (κ2) is 5.99. The van der Waals surface area contributed by atoms with Crippen LogP contribution in [0.1, 0.15) is 39.2 Å². The van der Waals surface area contributed by atoms with Crippen LogP contribution in [-0.4, -0.2) is 22.5 Å². The molecule has 5 nitrogen and oxygen atoms in total. The molecule has 0 bridgehead atoms. The number of fused-ring (bicyclic) bond motifs is 1. The molecule has 3 heterocycles. The quantitative estimate of drug-likeness (QED) is 0.774. The number of rotatable bonds is 3. The van der Waals surface area contributed by atoms with Crippen molar-refractivity contribution < 1.29 is 9.53 Å². The minimum atomic E-state index is -0.163. The Morgan fingerprint density at radius 2 is 2.30 bits per heavy atom. The Labute approximate surface area is 141 Å². The van der Waals surface area contributed by atoms with Gasteiger partial charge in [-0.3, -0.25) is 10.1 Å². The molecule has 1 atom stereocenters. The Hall–Kier alpha value is -1.83. The smallest absolute Gasteiger partial charge is 0.269 e. The largest absolute Gasteiger partial charge is 0.371 e. The van der Waals surface area contributed by atoms with E-state index in [0.29, 0.717) is 10.0 Å². The van der Waals surface area contributed by atoms with E-state index >= 15 is 0 Å². The number of anilines is 1. The van der Waals surface area contributed by atoms with Crippen molar-refractivity contribution in [3.05, 3.63) is 39.8 Å². The van der Waals surface area contributed by atoms with Gasteiger partial charge in [-0.25, -0.2) is 9.97 Å². The van der Waals surface area contributed by atoms with Gasteiger partial charge in [0.1, 0.15) is 16.0 Å². The predicted octanol–water partition coefficient (Wildman–Crippen LogP) is 4.17. The highest BCUT2D eigenvalue weighted by atomic mass is 32.1. The highest BCUT2D eigenvalue weighted by molar-refractivity contribution is 7.22. The molecule has 1 aliphatic rings. The van der Waals surface area contributed by atoms with Gasteiger partial charge in [-0.05, 0) is 31.4 Å². The maximum Gasteiger partial charge on any atom is 0.269 e. The number of carbonyl (C=O) groups is 1.